The Morgan fingerprint density at radius 3 is 2.41 bits per heavy atom. The summed E-state index contributed by atoms with van der Waals surface area (Å²) in [5.41, 5.74) is 3.22. The summed E-state index contributed by atoms with van der Waals surface area (Å²) in [6.45, 7) is 4.79. The van der Waals surface area contributed by atoms with Crippen molar-refractivity contribution in [1.82, 2.24) is 5.32 Å². The molecule has 2 aromatic carbocycles. The van der Waals surface area contributed by atoms with Crippen molar-refractivity contribution in [3.8, 4) is 5.75 Å². The van der Waals surface area contributed by atoms with Crippen molar-refractivity contribution in [3.05, 3.63) is 65.2 Å². The van der Waals surface area contributed by atoms with Crippen molar-refractivity contribution in [2.24, 2.45) is 5.92 Å². The number of hydrogen-bond donors (Lipinski definition) is 3. The molecule has 1 heterocycles. The van der Waals surface area contributed by atoms with Crippen LogP contribution in [0.25, 0.3) is 0 Å². The number of phenols is 1. The Kier molecular flexibility index (Phi) is 8.11. The molecule has 1 fully saturated rings. The molecule has 0 radical (unpaired) electrons. The van der Waals surface area contributed by atoms with Gasteiger partial charge in [0.05, 0.1) is 17.6 Å². The van der Waals surface area contributed by atoms with Gasteiger partial charge >= 0.3 is 0 Å². The summed E-state index contributed by atoms with van der Waals surface area (Å²) in [6, 6.07) is 14.4. The summed E-state index contributed by atoms with van der Waals surface area (Å²) in [4.78, 5) is 0. The molecule has 0 amide bonds. The number of aliphatic hydroxyl groups excluding tert-OH is 1. The van der Waals surface area contributed by atoms with Gasteiger partial charge in [-0.1, -0.05) is 50.2 Å². The highest BCUT2D eigenvalue weighted by atomic mass is 35.5. The fourth-order valence-corrected chi connectivity index (χ4v) is 5.76. The second-order valence-corrected chi connectivity index (χ2v) is 10.2. The fraction of sp³-hybridized carbons (Fsp3) is 0.455. The van der Waals surface area contributed by atoms with E-state index in [2.05, 4.69) is 31.3 Å². The summed E-state index contributed by atoms with van der Waals surface area (Å²) in [7, 11) is -3.24. The maximum absolute atomic E-state index is 12.4. The van der Waals surface area contributed by atoms with E-state index in [1.165, 1.54) is 5.56 Å². The van der Waals surface area contributed by atoms with E-state index in [4.69, 9.17) is 0 Å². The Bertz CT molecular complexity index is 899. The van der Waals surface area contributed by atoms with Crippen LogP contribution in [0.15, 0.2) is 48.5 Å². The Balaban J connectivity index is 0.00000300. The minimum absolute atomic E-state index is 0. The molecule has 0 saturated carbocycles. The maximum atomic E-state index is 12.4. The van der Waals surface area contributed by atoms with E-state index in [0.717, 1.165) is 11.1 Å². The molecule has 7 heteroatoms. The number of phenolic OH excluding ortho intramolecular Hbond substituents is 1. The van der Waals surface area contributed by atoms with Crippen LogP contribution in [-0.2, 0) is 22.8 Å². The molecular formula is C22H30ClNO4S. The summed E-state index contributed by atoms with van der Waals surface area (Å²) < 4.78 is 24.8. The smallest absolute Gasteiger partial charge is 0.152 e. The minimum atomic E-state index is -3.24. The first-order chi connectivity index (χ1) is 13.2. The Morgan fingerprint density at radius 2 is 1.76 bits per heavy atom. The molecule has 5 nitrogen and oxygen atoms in total. The predicted octanol–water partition coefficient (Wildman–Crippen LogP) is 3.04. The topological polar surface area (TPSA) is 86.6 Å². The third-order valence-electron chi connectivity index (χ3n) is 5.42. The number of rotatable bonds is 6. The van der Waals surface area contributed by atoms with Gasteiger partial charge in [0.1, 0.15) is 5.75 Å². The van der Waals surface area contributed by atoms with Gasteiger partial charge in [-0.25, -0.2) is 8.42 Å². The van der Waals surface area contributed by atoms with Crippen molar-refractivity contribution >= 4 is 22.2 Å². The van der Waals surface area contributed by atoms with Gasteiger partial charge in [0, 0.05) is 18.5 Å². The van der Waals surface area contributed by atoms with Crippen molar-refractivity contribution in [1.29, 1.82) is 0 Å². The molecule has 29 heavy (non-hydrogen) atoms. The van der Waals surface area contributed by atoms with E-state index in [9.17, 15) is 18.6 Å². The van der Waals surface area contributed by atoms with Gasteiger partial charge in [0.25, 0.3) is 0 Å². The molecule has 0 spiro atoms. The molecule has 1 saturated heterocycles. The van der Waals surface area contributed by atoms with Gasteiger partial charge in [-0.05, 0) is 41.2 Å². The summed E-state index contributed by atoms with van der Waals surface area (Å²) in [5, 5.41) is 23.5. The molecule has 0 aromatic heterocycles. The first-order valence-corrected chi connectivity index (χ1v) is 11.5. The van der Waals surface area contributed by atoms with Crippen LogP contribution in [0.5, 0.6) is 5.75 Å². The highest BCUT2D eigenvalue weighted by Crippen LogP contribution is 2.25. The van der Waals surface area contributed by atoms with Gasteiger partial charge in [-0.15, -0.1) is 12.4 Å². The largest absolute Gasteiger partial charge is 0.508 e. The van der Waals surface area contributed by atoms with Gasteiger partial charge in [-0.3, -0.25) is 0 Å². The van der Waals surface area contributed by atoms with E-state index in [0.29, 0.717) is 18.9 Å². The third kappa shape index (κ3) is 6.44. The van der Waals surface area contributed by atoms with E-state index in [-0.39, 0.29) is 35.6 Å². The number of aliphatic hydroxyl groups is 1. The molecule has 0 aliphatic carbocycles. The normalized spacial score (nSPS) is 23.5. The number of sulfone groups is 1. The molecule has 1 aliphatic heterocycles. The average Bonchev–Trinajstić information content (AvgIpc) is 2.65. The van der Waals surface area contributed by atoms with Crippen LogP contribution in [0.1, 0.15) is 36.5 Å². The van der Waals surface area contributed by atoms with Gasteiger partial charge in [0.15, 0.2) is 9.84 Å². The molecule has 160 valence electrons. The van der Waals surface area contributed by atoms with E-state index >= 15 is 0 Å². The van der Waals surface area contributed by atoms with Crippen LogP contribution >= 0.6 is 12.4 Å². The number of benzene rings is 2. The lowest BCUT2D eigenvalue weighted by Gasteiger charge is -2.35. The number of hydrogen-bond acceptors (Lipinski definition) is 5. The van der Waals surface area contributed by atoms with Gasteiger partial charge in [0.2, 0.25) is 0 Å². The highest BCUT2D eigenvalue weighted by Gasteiger charge is 2.39. The zero-order valence-corrected chi connectivity index (χ0v) is 18.4. The average molecular weight is 440 g/mol. The highest BCUT2D eigenvalue weighted by molar-refractivity contribution is 7.91. The third-order valence-corrected chi connectivity index (χ3v) is 7.22. The molecule has 1 aliphatic rings. The molecule has 3 N–H and O–H groups in total. The monoisotopic (exact) mass is 439 g/mol. The first-order valence-electron chi connectivity index (χ1n) is 9.72. The van der Waals surface area contributed by atoms with Crippen molar-refractivity contribution in [2.45, 2.75) is 44.9 Å². The maximum Gasteiger partial charge on any atom is 0.152 e. The predicted molar refractivity (Wildman–Crippen MR) is 118 cm³/mol. The zero-order chi connectivity index (χ0) is 20.3. The zero-order valence-electron chi connectivity index (χ0n) is 16.8. The Morgan fingerprint density at radius 1 is 1.07 bits per heavy atom. The fourth-order valence-electron chi connectivity index (χ4n) is 3.80. The van der Waals surface area contributed by atoms with E-state index in [1.807, 2.05) is 12.1 Å². The SMILES string of the molecule is CC(C)c1cccc(CN[C@H]2CS(=O)(=O)C[C@@H](Cc3ccc(O)cc3)[C@@H]2O)c1.Cl. The second kappa shape index (κ2) is 9.94. The molecule has 2 aromatic rings. The lowest BCUT2D eigenvalue weighted by molar-refractivity contribution is 0.0781. The van der Waals surface area contributed by atoms with Crippen LogP contribution in [-0.4, -0.2) is 42.3 Å². The molecule has 0 bridgehead atoms. The molecule has 3 rings (SSSR count). The molecule has 3 atom stereocenters. The standard InChI is InChI=1S/C22H29NO4S.ClH/c1-15(2)18-5-3-4-17(11-18)12-23-21-14-28(26,27)13-19(22(21)25)10-16-6-8-20(24)9-7-16;/h3-9,11,15,19,21-25H,10,12-14H2,1-2H3;1H/t19-,21+,22+;/m1./s1. The van der Waals surface area contributed by atoms with Gasteiger partial charge < -0.3 is 15.5 Å². The molecular weight excluding hydrogens is 410 g/mol. The second-order valence-electron chi connectivity index (χ2n) is 8.09. The minimum Gasteiger partial charge on any atom is -0.508 e. The number of halogens is 1. The lowest BCUT2D eigenvalue weighted by atomic mass is 9.91. The Hall–Kier alpha value is -1.60. The van der Waals surface area contributed by atoms with Gasteiger partial charge in [-0.2, -0.15) is 0 Å². The van der Waals surface area contributed by atoms with Crippen LogP contribution < -0.4 is 5.32 Å². The van der Waals surface area contributed by atoms with Crippen molar-refractivity contribution in [2.75, 3.05) is 11.5 Å². The summed E-state index contributed by atoms with van der Waals surface area (Å²) in [5.74, 6) is 0.155. The van der Waals surface area contributed by atoms with Crippen molar-refractivity contribution in [3.63, 3.8) is 0 Å². The molecule has 0 unspecified atom stereocenters. The van der Waals surface area contributed by atoms with E-state index < -0.39 is 22.0 Å². The first kappa shape index (κ1) is 23.7. The summed E-state index contributed by atoms with van der Waals surface area (Å²) in [6.07, 6.45) is -0.285. The van der Waals surface area contributed by atoms with E-state index in [1.54, 1.807) is 24.3 Å². The van der Waals surface area contributed by atoms with Crippen LogP contribution in [0, 0.1) is 5.92 Å². The van der Waals surface area contributed by atoms with Crippen LogP contribution in [0.4, 0.5) is 0 Å². The van der Waals surface area contributed by atoms with Crippen LogP contribution in [0.2, 0.25) is 0 Å². The Labute approximate surface area is 179 Å². The number of aromatic hydroxyl groups is 1. The van der Waals surface area contributed by atoms with Crippen molar-refractivity contribution < 1.29 is 18.6 Å². The van der Waals surface area contributed by atoms with Crippen LogP contribution in [0.3, 0.4) is 0 Å². The quantitative estimate of drug-likeness (QED) is 0.644. The number of nitrogens with one attached hydrogen (secondary N) is 1. The summed E-state index contributed by atoms with van der Waals surface area (Å²) >= 11 is 0. The lowest BCUT2D eigenvalue weighted by Crippen LogP contribution is -2.54.